The van der Waals surface area contributed by atoms with Crippen LogP contribution in [0.3, 0.4) is 0 Å². The summed E-state index contributed by atoms with van der Waals surface area (Å²) >= 11 is 0. The number of aliphatic hydroxyl groups is 1. The van der Waals surface area contributed by atoms with Crippen LogP contribution < -0.4 is 0 Å². The molecule has 5 nitrogen and oxygen atoms in total. The highest BCUT2D eigenvalue weighted by Gasteiger charge is 2.34. The monoisotopic (exact) mass is 323 g/mol. The molecular formula is C19H21N3O2. The zero-order chi connectivity index (χ0) is 16.5. The number of aliphatic imine (C=N–C) groups is 1. The van der Waals surface area contributed by atoms with E-state index in [1.807, 2.05) is 30.3 Å². The average Bonchev–Trinajstić information content (AvgIpc) is 2.64. The van der Waals surface area contributed by atoms with Gasteiger partial charge in [-0.15, -0.1) is 0 Å². The third-order valence-corrected chi connectivity index (χ3v) is 5.04. The molecule has 0 bridgehead atoms. The highest BCUT2D eigenvalue weighted by atomic mass is 16.3. The van der Waals surface area contributed by atoms with Crippen molar-refractivity contribution < 1.29 is 9.90 Å². The SMILES string of the molecule is O=C1N=C(c2nccc3ccccc23)N(C2CCCCC2)CC1O. The maximum Gasteiger partial charge on any atom is 0.278 e. The van der Waals surface area contributed by atoms with Gasteiger partial charge in [0.15, 0.2) is 11.9 Å². The first-order valence-electron chi connectivity index (χ1n) is 8.65. The van der Waals surface area contributed by atoms with Crippen LogP contribution >= 0.6 is 0 Å². The second-order valence-electron chi connectivity index (χ2n) is 6.61. The fourth-order valence-electron chi connectivity index (χ4n) is 3.80. The van der Waals surface area contributed by atoms with Crippen LogP contribution in [0.1, 0.15) is 37.8 Å². The molecule has 1 aliphatic carbocycles. The minimum atomic E-state index is -1.04. The zero-order valence-corrected chi connectivity index (χ0v) is 13.6. The van der Waals surface area contributed by atoms with Crippen molar-refractivity contribution in [1.82, 2.24) is 9.88 Å². The normalized spacial score (nSPS) is 22.7. The van der Waals surface area contributed by atoms with E-state index in [2.05, 4.69) is 14.9 Å². The number of carbonyl (C=O) groups excluding carboxylic acids is 1. The predicted octanol–water partition coefficient (Wildman–Crippen LogP) is 2.52. The molecule has 124 valence electrons. The molecule has 1 aliphatic heterocycles. The number of nitrogens with zero attached hydrogens (tertiary/aromatic N) is 3. The number of amidine groups is 1. The van der Waals surface area contributed by atoms with Crippen molar-refractivity contribution in [3.8, 4) is 0 Å². The molecule has 5 heteroatoms. The second kappa shape index (κ2) is 6.32. The van der Waals surface area contributed by atoms with Crippen molar-refractivity contribution in [3.63, 3.8) is 0 Å². The lowest BCUT2D eigenvalue weighted by atomic mass is 9.93. The van der Waals surface area contributed by atoms with Gasteiger partial charge in [0.05, 0.1) is 6.54 Å². The van der Waals surface area contributed by atoms with Crippen LogP contribution in [0, 0.1) is 0 Å². The summed E-state index contributed by atoms with van der Waals surface area (Å²) in [5, 5.41) is 12.1. The summed E-state index contributed by atoms with van der Waals surface area (Å²) in [6, 6.07) is 10.3. The Hall–Kier alpha value is -2.27. The van der Waals surface area contributed by atoms with Crippen LogP contribution in [0.5, 0.6) is 0 Å². The van der Waals surface area contributed by atoms with E-state index in [9.17, 15) is 9.90 Å². The Balaban J connectivity index is 1.82. The van der Waals surface area contributed by atoms with Gasteiger partial charge in [0, 0.05) is 17.6 Å². The number of β-amino-alcohol motifs (C(OH)–C–C–N with tert-alkyl or cyclic N) is 1. The van der Waals surface area contributed by atoms with Crippen LogP contribution in [0.25, 0.3) is 10.8 Å². The first-order valence-corrected chi connectivity index (χ1v) is 8.65. The lowest BCUT2D eigenvalue weighted by molar-refractivity contribution is -0.127. The van der Waals surface area contributed by atoms with E-state index < -0.39 is 12.0 Å². The van der Waals surface area contributed by atoms with Crippen LogP contribution in [-0.4, -0.2) is 45.4 Å². The fraction of sp³-hybridized carbons (Fsp3) is 0.421. The molecule has 1 unspecified atom stereocenters. The number of hydrogen-bond donors (Lipinski definition) is 1. The fourth-order valence-corrected chi connectivity index (χ4v) is 3.80. The molecule has 1 saturated carbocycles. The van der Waals surface area contributed by atoms with Gasteiger partial charge >= 0.3 is 0 Å². The van der Waals surface area contributed by atoms with Gasteiger partial charge < -0.3 is 10.0 Å². The van der Waals surface area contributed by atoms with Crippen LogP contribution in [0.2, 0.25) is 0 Å². The summed E-state index contributed by atoms with van der Waals surface area (Å²) in [6.45, 7) is 0.313. The number of hydrogen-bond acceptors (Lipinski definition) is 4. The maximum absolute atomic E-state index is 12.1. The highest BCUT2D eigenvalue weighted by molar-refractivity contribution is 6.13. The zero-order valence-electron chi connectivity index (χ0n) is 13.6. The second-order valence-corrected chi connectivity index (χ2v) is 6.61. The minimum absolute atomic E-state index is 0.313. The first kappa shape index (κ1) is 15.3. The number of fused-ring (bicyclic) bond motifs is 1. The maximum atomic E-state index is 12.1. The summed E-state index contributed by atoms with van der Waals surface area (Å²) < 4.78 is 0. The molecule has 1 atom stereocenters. The summed E-state index contributed by atoms with van der Waals surface area (Å²) in [7, 11) is 0. The molecule has 2 aliphatic rings. The summed E-state index contributed by atoms with van der Waals surface area (Å²) in [6.07, 6.45) is 6.49. The van der Waals surface area contributed by atoms with Crippen molar-refractivity contribution in [2.75, 3.05) is 6.54 Å². The topological polar surface area (TPSA) is 65.8 Å². The van der Waals surface area contributed by atoms with Gasteiger partial charge in [0.2, 0.25) is 0 Å². The quantitative estimate of drug-likeness (QED) is 0.922. The largest absolute Gasteiger partial charge is 0.381 e. The van der Waals surface area contributed by atoms with E-state index in [1.54, 1.807) is 6.20 Å². The Morgan fingerprint density at radius 1 is 1.08 bits per heavy atom. The van der Waals surface area contributed by atoms with Gasteiger partial charge in [-0.1, -0.05) is 43.5 Å². The van der Waals surface area contributed by atoms with Crippen molar-refractivity contribution >= 4 is 22.5 Å². The van der Waals surface area contributed by atoms with Gasteiger partial charge in [-0.05, 0) is 24.3 Å². The summed E-state index contributed by atoms with van der Waals surface area (Å²) in [5.74, 6) is 0.154. The molecule has 0 spiro atoms. The number of rotatable bonds is 2. The van der Waals surface area contributed by atoms with Gasteiger partial charge in [-0.2, -0.15) is 4.99 Å². The van der Waals surface area contributed by atoms with E-state index in [0.717, 1.165) is 29.3 Å². The lowest BCUT2D eigenvalue weighted by Crippen LogP contribution is -2.51. The molecule has 1 aromatic heterocycles. The van der Waals surface area contributed by atoms with E-state index in [1.165, 1.54) is 19.3 Å². The van der Waals surface area contributed by atoms with Crippen molar-refractivity contribution in [2.45, 2.75) is 44.2 Å². The van der Waals surface area contributed by atoms with Crippen molar-refractivity contribution in [3.05, 3.63) is 42.2 Å². The summed E-state index contributed by atoms with van der Waals surface area (Å²) in [5.41, 5.74) is 0.735. The van der Waals surface area contributed by atoms with Crippen LogP contribution in [0.15, 0.2) is 41.5 Å². The minimum Gasteiger partial charge on any atom is -0.381 e. The van der Waals surface area contributed by atoms with E-state index in [4.69, 9.17) is 0 Å². The van der Waals surface area contributed by atoms with Crippen molar-refractivity contribution in [2.24, 2.45) is 4.99 Å². The average molecular weight is 323 g/mol. The molecule has 1 amide bonds. The van der Waals surface area contributed by atoms with Gasteiger partial charge in [-0.25, -0.2) is 0 Å². The molecule has 2 heterocycles. The van der Waals surface area contributed by atoms with E-state index in [-0.39, 0.29) is 0 Å². The number of aliphatic hydroxyl groups excluding tert-OH is 1. The Bertz CT molecular complexity index is 791. The summed E-state index contributed by atoms with van der Waals surface area (Å²) in [4.78, 5) is 22.9. The number of pyridine rings is 1. The van der Waals surface area contributed by atoms with Crippen LogP contribution in [0.4, 0.5) is 0 Å². The lowest BCUT2D eigenvalue weighted by Gasteiger charge is -2.39. The number of amides is 1. The smallest absolute Gasteiger partial charge is 0.278 e. The van der Waals surface area contributed by atoms with Crippen molar-refractivity contribution in [1.29, 1.82) is 0 Å². The molecular weight excluding hydrogens is 302 g/mol. The Morgan fingerprint density at radius 3 is 2.71 bits per heavy atom. The Kier molecular flexibility index (Phi) is 4.02. The third kappa shape index (κ3) is 2.69. The van der Waals surface area contributed by atoms with Crippen LogP contribution in [-0.2, 0) is 4.79 Å². The predicted molar refractivity (Wildman–Crippen MR) is 92.9 cm³/mol. The molecule has 24 heavy (non-hydrogen) atoms. The molecule has 0 saturated heterocycles. The van der Waals surface area contributed by atoms with E-state index >= 15 is 0 Å². The number of carbonyl (C=O) groups is 1. The number of benzene rings is 1. The van der Waals surface area contributed by atoms with Gasteiger partial charge in [-0.3, -0.25) is 9.78 Å². The molecule has 1 aromatic carbocycles. The molecule has 0 radical (unpaired) electrons. The number of aromatic nitrogens is 1. The van der Waals surface area contributed by atoms with Gasteiger partial charge in [0.25, 0.3) is 5.91 Å². The van der Waals surface area contributed by atoms with Gasteiger partial charge in [0.1, 0.15) is 5.69 Å². The molecule has 2 aromatic rings. The Morgan fingerprint density at radius 2 is 1.88 bits per heavy atom. The standard InChI is InChI=1S/C19H21N3O2/c23-16-12-22(14-7-2-1-3-8-14)18(21-19(16)24)17-15-9-5-4-6-13(15)10-11-20-17/h4-6,9-11,14,16,23H,1-3,7-8,12H2. The molecule has 4 rings (SSSR count). The highest BCUT2D eigenvalue weighted by Crippen LogP contribution is 2.28. The van der Waals surface area contributed by atoms with E-state index in [0.29, 0.717) is 18.4 Å². The first-order chi connectivity index (χ1) is 11.7. The Labute approximate surface area is 141 Å². The molecule has 1 N–H and O–H groups in total. The molecule has 1 fully saturated rings. The third-order valence-electron chi connectivity index (χ3n) is 5.04.